The van der Waals surface area contributed by atoms with Crippen LogP contribution in [0.25, 0.3) is 0 Å². The summed E-state index contributed by atoms with van der Waals surface area (Å²) >= 11 is 5.85. The molecule has 0 bridgehead atoms. The molecule has 94 valence electrons. The molecule has 0 aromatic carbocycles. The summed E-state index contributed by atoms with van der Waals surface area (Å²) in [5, 5.41) is 0.448. The van der Waals surface area contributed by atoms with Crippen LogP contribution < -0.4 is 4.90 Å². The first-order valence-electron chi connectivity index (χ1n) is 5.61. The summed E-state index contributed by atoms with van der Waals surface area (Å²) in [5.41, 5.74) is 0. The fraction of sp³-hybridized carbons (Fsp3) is 0.636. The van der Waals surface area contributed by atoms with E-state index >= 15 is 0 Å². The van der Waals surface area contributed by atoms with E-state index in [1.807, 2.05) is 6.92 Å². The summed E-state index contributed by atoms with van der Waals surface area (Å²) in [6, 6.07) is 1.75. The summed E-state index contributed by atoms with van der Waals surface area (Å²) in [7, 11) is 1.70. The largest absolute Gasteiger partial charge is 0.377 e. The molecule has 1 aromatic heterocycles. The maximum Gasteiger partial charge on any atom is 0.134 e. The third-order valence-electron chi connectivity index (χ3n) is 2.84. The SMILES string of the molecule is CCO[C@H]1CN(c2cc(Cl)ncn2)C[C@@H]1OC. The molecule has 0 aliphatic carbocycles. The molecule has 0 N–H and O–H groups in total. The van der Waals surface area contributed by atoms with Crippen LogP contribution in [-0.2, 0) is 9.47 Å². The number of anilines is 1. The quantitative estimate of drug-likeness (QED) is 0.763. The van der Waals surface area contributed by atoms with E-state index in [1.165, 1.54) is 6.33 Å². The third kappa shape index (κ3) is 2.86. The van der Waals surface area contributed by atoms with E-state index in [2.05, 4.69) is 14.9 Å². The fourth-order valence-electron chi connectivity index (χ4n) is 2.03. The Hall–Kier alpha value is -0.910. The Morgan fingerprint density at radius 2 is 2.18 bits per heavy atom. The topological polar surface area (TPSA) is 47.5 Å². The number of methoxy groups -OCH3 is 1. The van der Waals surface area contributed by atoms with Gasteiger partial charge in [0.15, 0.2) is 0 Å². The Balaban J connectivity index is 2.09. The highest BCUT2D eigenvalue weighted by molar-refractivity contribution is 6.29. The molecule has 0 spiro atoms. The van der Waals surface area contributed by atoms with Crippen molar-refractivity contribution in [2.75, 3.05) is 31.7 Å². The molecule has 6 heteroatoms. The molecule has 2 rings (SSSR count). The van der Waals surface area contributed by atoms with Gasteiger partial charge in [0.25, 0.3) is 0 Å². The summed E-state index contributed by atoms with van der Waals surface area (Å²) in [6.45, 7) is 4.19. The lowest BCUT2D eigenvalue weighted by Crippen LogP contribution is -2.28. The van der Waals surface area contributed by atoms with Crippen LogP contribution in [0.3, 0.4) is 0 Å². The Morgan fingerprint density at radius 3 is 2.82 bits per heavy atom. The maximum absolute atomic E-state index is 5.85. The maximum atomic E-state index is 5.85. The van der Waals surface area contributed by atoms with Gasteiger partial charge in [-0.05, 0) is 6.92 Å². The predicted octanol–water partition coefficient (Wildman–Crippen LogP) is 1.37. The number of ether oxygens (including phenoxy) is 2. The number of rotatable bonds is 4. The van der Waals surface area contributed by atoms with Crippen molar-refractivity contribution in [2.24, 2.45) is 0 Å². The molecule has 1 aromatic rings. The van der Waals surface area contributed by atoms with Crippen LogP contribution >= 0.6 is 11.6 Å². The summed E-state index contributed by atoms with van der Waals surface area (Å²) in [5.74, 6) is 0.814. The molecule has 1 fully saturated rings. The van der Waals surface area contributed by atoms with Gasteiger partial charge in [-0.25, -0.2) is 9.97 Å². The summed E-state index contributed by atoms with van der Waals surface area (Å²) in [6.07, 6.45) is 1.62. The van der Waals surface area contributed by atoms with Crippen LogP contribution in [0.1, 0.15) is 6.92 Å². The molecule has 1 aliphatic rings. The second-order valence-corrected chi connectivity index (χ2v) is 4.26. The molecule has 0 unspecified atom stereocenters. The van der Waals surface area contributed by atoms with Gasteiger partial charge in [0.05, 0.1) is 0 Å². The van der Waals surface area contributed by atoms with Crippen LogP contribution in [-0.4, -0.2) is 49.0 Å². The minimum Gasteiger partial charge on any atom is -0.377 e. The van der Waals surface area contributed by atoms with Gasteiger partial charge >= 0.3 is 0 Å². The highest BCUT2D eigenvalue weighted by atomic mass is 35.5. The Morgan fingerprint density at radius 1 is 1.41 bits per heavy atom. The average Bonchev–Trinajstić information content (AvgIpc) is 2.73. The van der Waals surface area contributed by atoms with Crippen LogP contribution in [0.4, 0.5) is 5.82 Å². The zero-order valence-corrected chi connectivity index (χ0v) is 10.7. The zero-order valence-electron chi connectivity index (χ0n) is 9.97. The molecule has 1 aliphatic heterocycles. The molecular weight excluding hydrogens is 242 g/mol. The van der Waals surface area contributed by atoms with Crippen LogP contribution in [0, 0.1) is 0 Å². The van der Waals surface area contributed by atoms with Gasteiger partial charge in [-0.2, -0.15) is 0 Å². The van der Waals surface area contributed by atoms with Crippen LogP contribution in [0.5, 0.6) is 0 Å². The van der Waals surface area contributed by atoms with Gasteiger partial charge < -0.3 is 14.4 Å². The van der Waals surface area contributed by atoms with Gasteiger partial charge in [0.2, 0.25) is 0 Å². The van der Waals surface area contributed by atoms with E-state index in [-0.39, 0.29) is 12.2 Å². The smallest absolute Gasteiger partial charge is 0.134 e. The fourth-order valence-corrected chi connectivity index (χ4v) is 2.17. The molecule has 2 heterocycles. The van der Waals surface area contributed by atoms with E-state index < -0.39 is 0 Å². The number of halogens is 1. The minimum atomic E-state index is 0.0729. The molecule has 17 heavy (non-hydrogen) atoms. The Kier molecular flexibility index (Phi) is 4.15. The lowest BCUT2D eigenvalue weighted by Gasteiger charge is -2.16. The highest BCUT2D eigenvalue weighted by Crippen LogP contribution is 2.23. The summed E-state index contributed by atoms with van der Waals surface area (Å²) < 4.78 is 11.1. The van der Waals surface area contributed by atoms with Gasteiger partial charge in [0.1, 0.15) is 29.5 Å². The number of hydrogen-bond acceptors (Lipinski definition) is 5. The van der Waals surface area contributed by atoms with Gasteiger partial charge in [-0.3, -0.25) is 0 Å². The van der Waals surface area contributed by atoms with E-state index in [1.54, 1.807) is 13.2 Å². The third-order valence-corrected chi connectivity index (χ3v) is 3.05. The standard InChI is InChI=1S/C11H16ClN3O2/c1-3-17-9-6-15(5-8(9)16-2)11-4-10(12)13-7-14-11/h4,7-9H,3,5-6H2,1-2H3/t8-,9-/m0/s1. The Labute approximate surface area is 106 Å². The number of nitrogens with zero attached hydrogens (tertiary/aromatic N) is 3. The minimum absolute atomic E-state index is 0.0729. The molecule has 0 saturated carbocycles. The number of aromatic nitrogens is 2. The lowest BCUT2D eigenvalue weighted by atomic mass is 10.2. The summed E-state index contributed by atoms with van der Waals surface area (Å²) in [4.78, 5) is 10.2. The molecule has 2 atom stereocenters. The van der Waals surface area contributed by atoms with Crippen molar-refractivity contribution in [3.05, 3.63) is 17.5 Å². The van der Waals surface area contributed by atoms with Crippen molar-refractivity contribution in [3.63, 3.8) is 0 Å². The van der Waals surface area contributed by atoms with Crippen molar-refractivity contribution in [2.45, 2.75) is 19.1 Å². The van der Waals surface area contributed by atoms with Crippen LogP contribution in [0.15, 0.2) is 12.4 Å². The number of hydrogen-bond donors (Lipinski definition) is 0. The van der Waals surface area contributed by atoms with Crippen molar-refractivity contribution in [3.8, 4) is 0 Å². The van der Waals surface area contributed by atoms with E-state index in [0.717, 1.165) is 18.9 Å². The van der Waals surface area contributed by atoms with Gasteiger partial charge in [0, 0.05) is 32.9 Å². The average molecular weight is 258 g/mol. The molecule has 0 radical (unpaired) electrons. The molecule has 1 saturated heterocycles. The molecular formula is C11H16ClN3O2. The molecule has 0 amide bonds. The monoisotopic (exact) mass is 257 g/mol. The van der Waals surface area contributed by atoms with Crippen molar-refractivity contribution in [1.29, 1.82) is 0 Å². The van der Waals surface area contributed by atoms with Crippen molar-refractivity contribution in [1.82, 2.24) is 9.97 Å². The normalized spacial score (nSPS) is 24.3. The van der Waals surface area contributed by atoms with E-state index in [9.17, 15) is 0 Å². The predicted molar refractivity (Wildman–Crippen MR) is 65.5 cm³/mol. The van der Waals surface area contributed by atoms with Crippen molar-refractivity contribution >= 4 is 17.4 Å². The van der Waals surface area contributed by atoms with Crippen LogP contribution in [0.2, 0.25) is 5.15 Å². The van der Waals surface area contributed by atoms with E-state index in [4.69, 9.17) is 21.1 Å². The van der Waals surface area contributed by atoms with Gasteiger partial charge in [-0.15, -0.1) is 0 Å². The van der Waals surface area contributed by atoms with E-state index in [0.29, 0.717) is 11.8 Å². The second kappa shape index (κ2) is 5.62. The van der Waals surface area contributed by atoms with Gasteiger partial charge in [-0.1, -0.05) is 11.6 Å². The first kappa shape index (κ1) is 12.5. The molecule has 5 nitrogen and oxygen atoms in total. The van der Waals surface area contributed by atoms with Crippen molar-refractivity contribution < 1.29 is 9.47 Å². The highest BCUT2D eigenvalue weighted by Gasteiger charge is 2.34. The lowest BCUT2D eigenvalue weighted by molar-refractivity contribution is -0.0232. The Bertz CT molecular complexity index is 377. The first-order valence-corrected chi connectivity index (χ1v) is 5.99. The zero-order chi connectivity index (χ0) is 12.3. The second-order valence-electron chi connectivity index (χ2n) is 3.87. The first-order chi connectivity index (χ1) is 8.24.